The Labute approximate surface area is 632 Å². The van der Waals surface area contributed by atoms with Gasteiger partial charge in [-0.15, -0.1) is 0 Å². The molecular formula is C84H164O17P2. The van der Waals surface area contributed by atoms with Gasteiger partial charge in [0.05, 0.1) is 26.4 Å². The molecule has 612 valence electrons. The molecule has 0 bridgehead atoms. The van der Waals surface area contributed by atoms with Crippen molar-refractivity contribution in [1.29, 1.82) is 0 Å². The Kier molecular flexibility index (Phi) is 75.4. The van der Waals surface area contributed by atoms with Gasteiger partial charge in [-0.3, -0.25) is 37.3 Å². The summed E-state index contributed by atoms with van der Waals surface area (Å²) in [5, 5.41) is 10.7. The molecule has 0 saturated carbocycles. The minimum atomic E-state index is -4.96. The van der Waals surface area contributed by atoms with Crippen LogP contribution in [0.5, 0.6) is 0 Å². The van der Waals surface area contributed by atoms with E-state index in [4.69, 9.17) is 37.0 Å². The number of phosphoric ester groups is 2. The molecule has 0 aliphatic carbocycles. The SMILES string of the molecule is CCCCCCCCCCCCCCCCCCCCCC(=O)O[C@H](COC(=O)CCCCCCCCCCCCCCCCCCC)COP(=O)(O)OC[C@@H](O)COP(=O)(O)OC[C@@H](COC(=O)CCCCCCCCCCCCC(C)C)OC(=O)CCCCCCCCCCCCCCCC. The first kappa shape index (κ1) is 101. The van der Waals surface area contributed by atoms with E-state index < -0.39 is 97.5 Å². The summed E-state index contributed by atoms with van der Waals surface area (Å²) in [6, 6.07) is 0. The van der Waals surface area contributed by atoms with E-state index in [0.29, 0.717) is 25.7 Å². The predicted octanol–water partition coefficient (Wildman–Crippen LogP) is 25.6. The molecule has 0 radical (unpaired) electrons. The molecule has 2 unspecified atom stereocenters. The molecule has 0 amide bonds. The van der Waals surface area contributed by atoms with Crippen LogP contribution in [-0.2, 0) is 65.4 Å². The van der Waals surface area contributed by atoms with Crippen molar-refractivity contribution in [2.45, 2.75) is 470 Å². The fourth-order valence-corrected chi connectivity index (χ4v) is 14.7. The number of aliphatic hydroxyl groups excluding tert-OH is 1. The molecule has 0 aromatic carbocycles. The van der Waals surface area contributed by atoms with Crippen LogP contribution in [0.25, 0.3) is 0 Å². The number of carbonyl (C=O) groups excluding carboxylic acids is 4. The number of hydrogen-bond acceptors (Lipinski definition) is 15. The van der Waals surface area contributed by atoms with Crippen molar-refractivity contribution in [2.75, 3.05) is 39.6 Å². The first-order chi connectivity index (χ1) is 50.0. The topological polar surface area (TPSA) is 237 Å². The molecule has 0 heterocycles. The molecule has 0 spiro atoms. The van der Waals surface area contributed by atoms with Gasteiger partial charge >= 0.3 is 39.5 Å². The molecular weight excluding hydrogens is 1340 g/mol. The number of rotatable bonds is 84. The molecule has 0 aliphatic heterocycles. The van der Waals surface area contributed by atoms with E-state index in [2.05, 4.69) is 34.6 Å². The summed E-state index contributed by atoms with van der Waals surface area (Å²) in [6.07, 6.45) is 69.3. The maximum Gasteiger partial charge on any atom is 0.472 e. The predicted molar refractivity (Wildman–Crippen MR) is 423 cm³/mol. The van der Waals surface area contributed by atoms with Crippen molar-refractivity contribution in [3.63, 3.8) is 0 Å². The quantitative estimate of drug-likeness (QED) is 0.0222. The second-order valence-corrected chi connectivity index (χ2v) is 33.6. The first-order valence-corrected chi connectivity index (χ1v) is 46.6. The number of hydrogen-bond donors (Lipinski definition) is 3. The van der Waals surface area contributed by atoms with Crippen molar-refractivity contribution >= 4 is 39.5 Å². The molecule has 103 heavy (non-hydrogen) atoms. The third-order valence-corrected chi connectivity index (χ3v) is 21.7. The van der Waals surface area contributed by atoms with Gasteiger partial charge in [-0.1, -0.05) is 401 Å². The lowest BCUT2D eigenvalue weighted by molar-refractivity contribution is -0.161. The molecule has 0 aromatic rings. The molecule has 0 fully saturated rings. The van der Waals surface area contributed by atoms with Crippen LogP contribution in [0.1, 0.15) is 452 Å². The van der Waals surface area contributed by atoms with E-state index in [9.17, 15) is 43.2 Å². The van der Waals surface area contributed by atoms with Gasteiger partial charge in [-0.2, -0.15) is 0 Å². The number of esters is 4. The van der Waals surface area contributed by atoms with Crippen LogP contribution < -0.4 is 0 Å². The number of unbranched alkanes of at least 4 members (excludes halogenated alkanes) is 56. The largest absolute Gasteiger partial charge is 0.472 e. The van der Waals surface area contributed by atoms with Crippen LogP contribution in [0.3, 0.4) is 0 Å². The molecule has 0 rings (SSSR count). The maximum absolute atomic E-state index is 13.1. The maximum atomic E-state index is 13.1. The highest BCUT2D eigenvalue weighted by molar-refractivity contribution is 7.47. The normalized spacial score (nSPS) is 13.8. The van der Waals surface area contributed by atoms with Crippen molar-refractivity contribution in [3.05, 3.63) is 0 Å². The smallest absolute Gasteiger partial charge is 0.462 e. The number of phosphoric acid groups is 2. The Morgan fingerprint density at radius 2 is 0.447 bits per heavy atom. The zero-order chi connectivity index (χ0) is 75.5. The summed E-state index contributed by atoms with van der Waals surface area (Å²) in [5.74, 6) is -1.34. The van der Waals surface area contributed by atoms with E-state index in [-0.39, 0.29) is 25.7 Å². The summed E-state index contributed by atoms with van der Waals surface area (Å²) in [7, 11) is -9.92. The second-order valence-electron chi connectivity index (χ2n) is 30.7. The van der Waals surface area contributed by atoms with Gasteiger partial charge in [-0.25, -0.2) is 9.13 Å². The lowest BCUT2D eigenvalue weighted by atomic mass is 10.0. The van der Waals surface area contributed by atoms with Crippen LogP contribution in [0.2, 0.25) is 0 Å². The third-order valence-electron chi connectivity index (χ3n) is 19.8. The van der Waals surface area contributed by atoms with Crippen molar-refractivity contribution in [3.8, 4) is 0 Å². The Bertz CT molecular complexity index is 1960. The van der Waals surface area contributed by atoms with Gasteiger partial charge in [0.2, 0.25) is 0 Å². The summed E-state index contributed by atoms with van der Waals surface area (Å²) < 4.78 is 68.9. The standard InChI is InChI=1S/C84H164O17P2/c1-6-9-12-15-18-21-24-27-30-32-33-35-37-40-43-50-55-60-65-70-84(89)100-79(73-94-81(86)67-62-57-52-47-41-39-36-34-31-28-25-22-19-16-13-10-7-2)75-98-102(90,91)96-71-78(85)72-97-103(92,93)99-76-80(74-95-82(87)68-63-58-53-48-45-44-46-51-56-61-66-77(4)5)101-83(88)69-64-59-54-49-42-38-29-26-23-20-17-14-11-8-3/h77-80,85H,6-76H2,1-5H3,(H,90,91)(H,92,93)/t78-,79-,80-/m1/s1. The average Bonchev–Trinajstić information content (AvgIpc) is 0.908. The lowest BCUT2D eigenvalue weighted by Crippen LogP contribution is -2.30. The highest BCUT2D eigenvalue weighted by atomic mass is 31.2. The van der Waals surface area contributed by atoms with E-state index >= 15 is 0 Å². The molecule has 19 heteroatoms. The molecule has 5 atom stereocenters. The van der Waals surface area contributed by atoms with Crippen molar-refractivity contribution < 1.29 is 80.2 Å². The van der Waals surface area contributed by atoms with Gasteiger partial charge in [0.25, 0.3) is 0 Å². The number of aliphatic hydroxyl groups is 1. The Hall–Kier alpha value is -1.94. The van der Waals surface area contributed by atoms with Crippen LogP contribution in [0.4, 0.5) is 0 Å². The molecule has 3 N–H and O–H groups in total. The molecule has 0 saturated heterocycles. The highest BCUT2D eigenvalue weighted by Gasteiger charge is 2.30. The zero-order valence-corrected chi connectivity index (χ0v) is 69.3. The zero-order valence-electron chi connectivity index (χ0n) is 67.5. The fraction of sp³-hybridized carbons (Fsp3) is 0.952. The first-order valence-electron chi connectivity index (χ1n) is 43.6. The number of carbonyl (C=O) groups is 4. The molecule has 0 aromatic heterocycles. The Morgan fingerprint density at radius 3 is 0.660 bits per heavy atom. The van der Waals surface area contributed by atoms with Crippen molar-refractivity contribution in [1.82, 2.24) is 0 Å². The Balaban J connectivity index is 5.26. The van der Waals surface area contributed by atoms with E-state index in [1.807, 2.05) is 0 Å². The Morgan fingerprint density at radius 1 is 0.262 bits per heavy atom. The van der Waals surface area contributed by atoms with Crippen LogP contribution >= 0.6 is 15.6 Å². The fourth-order valence-electron chi connectivity index (χ4n) is 13.1. The van der Waals surface area contributed by atoms with Gasteiger partial charge in [-0.05, 0) is 31.6 Å². The van der Waals surface area contributed by atoms with Crippen LogP contribution in [0.15, 0.2) is 0 Å². The van der Waals surface area contributed by atoms with Gasteiger partial charge < -0.3 is 33.8 Å². The van der Waals surface area contributed by atoms with Gasteiger partial charge in [0.15, 0.2) is 12.2 Å². The summed E-state index contributed by atoms with van der Waals surface area (Å²) >= 11 is 0. The highest BCUT2D eigenvalue weighted by Crippen LogP contribution is 2.45. The second kappa shape index (κ2) is 76.8. The van der Waals surface area contributed by atoms with Crippen LogP contribution in [0, 0.1) is 5.92 Å². The lowest BCUT2D eigenvalue weighted by Gasteiger charge is -2.21. The van der Waals surface area contributed by atoms with Crippen LogP contribution in [-0.4, -0.2) is 96.7 Å². The summed E-state index contributed by atoms with van der Waals surface area (Å²) in [6.45, 7) is 7.35. The van der Waals surface area contributed by atoms with Gasteiger partial charge in [0, 0.05) is 25.7 Å². The average molecular weight is 1510 g/mol. The van der Waals surface area contributed by atoms with E-state index in [1.165, 1.54) is 276 Å². The third kappa shape index (κ3) is 78.0. The van der Waals surface area contributed by atoms with Crippen molar-refractivity contribution in [2.24, 2.45) is 5.92 Å². The van der Waals surface area contributed by atoms with E-state index in [1.54, 1.807) is 0 Å². The minimum absolute atomic E-state index is 0.108. The minimum Gasteiger partial charge on any atom is -0.462 e. The van der Waals surface area contributed by atoms with Gasteiger partial charge in [0.1, 0.15) is 19.3 Å². The monoisotopic (exact) mass is 1510 g/mol. The summed E-state index contributed by atoms with van der Waals surface area (Å²) in [4.78, 5) is 73.2. The number of ether oxygens (including phenoxy) is 4. The van der Waals surface area contributed by atoms with E-state index in [0.717, 1.165) is 95.8 Å². The molecule has 0 aliphatic rings. The molecule has 17 nitrogen and oxygen atoms in total. The summed E-state index contributed by atoms with van der Waals surface area (Å²) in [5.41, 5.74) is 0.